The SMILES string of the molecule is Cc1c(NC(=O)c2ccc(-c3cnco3)cc2)cccc1C(=O)N1CCOCC1. The fraction of sp³-hybridized carbons (Fsp3) is 0.227. The van der Waals surface area contributed by atoms with E-state index in [0.29, 0.717) is 48.9 Å². The van der Waals surface area contributed by atoms with Crippen molar-refractivity contribution in [3.05, 3.63) is 71.7 Å². The van der Waals surface area contributed by atoms with Gasteiger partial charge < -0.3 is 19.4 Å². The second-order valence-corrected chi connectivity index (χ2v) is 6.78. The number of rotatable bonds is 4. The van der Waals surface area contributed by atoms with Gasteiger partial charge in [-0.05, 0) is 36.8 Å². The Morgan fingerprint density at radius 1 is 1.07 bits per heavy atom. The van der Waals surface area contributed by atoms with Crippen molar-refractivity contribution in [2.45, 2.75) is 6.92 Å². The van der Waals surface area contributed by atoms with Crippen molar-refractivity contribution in [3.63, 3.8) is 0 Å². The van der Waals surface area contributed by atoms with Gasteiger partial charge in [-0.2, -0.15) is 0 Å². The Labute approximate surface area is 168 Å². The average molecular weight is 391 g/mol. The number of nitrogens with one attached hydrogen (secondary N) is 1. The van der Waals surface area contributed by atoms with Crippen molar-refractivity contribution in [1.29, 1.82) is 0 Å². The average Bonchev–Trinajstić information content (AvgIpc) is 3.30. The number of aromatic nitrogens is 1. The predicted molar refractivity (Wildman–Crippen MR) is 108 cm³/mol. The molecule has 1 aromatic heterocycles. The van der Waals surface area contributed by atoms with Crippen LogP contribution in [0.5, 0.6) is 0 Å². The van der Waals surface area contributed by atoms with E-state index in [0.717, 1.165) is 11.1 Å². The highest BCUT2D eigenvalue weighted by molar-refractivity contribution is 6.06. The first-order chi connectivity index (χ1) is 14.1. The molecule has 0 saturated carbocycles. The Balaban J connectivity index is 1.50. The molecule has 1 aliphatic rings. The highest BCUT2D eigenvalue weighted by atomic mass is 16.5. The quantitative estimate of drug-likeness (QED) is 0.737. The maximum Gasteiger partial charge on any atom is 0.255 e. The zero-order chi connectivity index (χ0) is 20.2. The number of morpholine rings is 1. The van der Waals surface area contributed by atoms with E-state index in [1.165, 1.54) is 6.39 Å². The molecule has 4 rings (SSSR count). The Morgan fingerprint density at radius 2 is 1.83 bits per heavy atom. The minimum Gasteiger partial charge on any atom is -0.444 e. The minimum atomic E-state index is -0.242. The second-order valence-electron chi connectivity index (χ2n) is 6.78. The smallest absolute Gasteiger partial charge is 0.255 e. The Hall–Kier alpha value is -3.45. The van der Waals surface area contributed by atoms with Crippen LogP contribution in [0, 0.1) is 6.92 Å². The summed E-state index contributed by atoms with van der Waals surface area (Å²) in [6.45, 7) is 4.09. The van der Waals surface area contributed by atoms with Gasteiger partial charge in [-0.3, -0.25) is 9.59 Å². The van der Waals surface area contributed by atoms with E-state index in [-0.39, 0.29) is 11.8 Å². The predicted octanol–water partition coefficient (Wildman–Crippen LogP) is 3.37. The summed E-state index contributed by atoms with van der Waals surface area (Å²) < 4.78 is 10.6. The third-order valence-electron chi connectivity index (χ3n) is 4.97. The van der Waals surface area contributed by atoms with E-state index in [1.54, 1.807) is 53.6 Å². The van der Waals surface area contributed by atoms with Gasteiger partial charge in [-0.25, -0.2) is 4.98 Å². The minimum absolute atomic E-state index is 0.0432. The molecular formula is C22H21N3O4. The van der Waals surface area contributed by atoms with Crippen LogP contribution < -0.4 is 5.32 Å². The molecule has 2 aromatic carbocycles. The zero-order valence-corrected chi connectivity index (χ0v) is 16.1. The van der Waals surface area contributed by atoms with E-state index in [2.05, 4.69) is 10.3 Å². The summed E-state index contributed by atoms with van der Waals surface area (Å²) in [4.78, 5) is 31.2. The monoisotopic (exact) mass is 391 g/mol. The summed E-state index contributed by atoms with van der Waals surface area (Å²) >= 11 is 0. The number of carbonyl (C=O) groups excluding carboxylic acids is 2. The van der Waals surface area contributed by atoms with Crippen LogP contribution in [0.25, 0.3) is 11.3 Å². The van der Waals surface area contributed by atoms with Crippen LogP contribution in [0.15, 0.2) is 59.5 Å². The molecule has 1 saturated heterocycles. The topological polar surface area (TPSA) is 84.7 Å². The van der Waals surface area contributed by atoms with E-state index in [4.69, 9.17) is 9.15 Å². The summed E-state index contributed by atoms with van der Waals surface area (Å²) in [5.41, 5.74) is 3.31. The molecule has 1 N–H and O–H groups in total. The van der Waals surface area contributed by atoms with E-state index in [9.17, 15) is 9.59 Å². The van der Waals surface area contributed by atoms with E-state index in [1.807, 2.05) is 6.92 Å². The van der Waals surface area contributed by atoms with Crippen LogP contribution in [-0.2, 0) is 4.74 Å². The van der Waals surface area contributed by atoms with Crippen LogP contribution in [0.4, 0.5) is 5.69 Å². The summed E-state index contributed by atoms with van der Waals surface area (Å²) in [5, 5.41) is 2.91. The fourth-order valence-corrected chi connectivity index (χ4v) is 3.28. The third-order valence-corrected chi connectivity index (χ3v) is 4.97. The Bertz CT molecular complexity index is 1010. The van der Waals surface area contributed by atoms with Crippen LogP contribution in [0.1, 0.15) is 26.3 Å². The summed E-state index contributed by atoms with van der Waals surface area (Å²) in [6, 6.07) is 12.4. The Kier molecular flexibility index (Phi) is 5.39. The van der Waals surface area contributed by atoms with Crippen molar-refractivity contribution in [2.24, 2.45) is 0 Å². The number of oxazole rings is 1. The fourth-order valence-electron chi connectivity index (χ4n) is 3.28. The van der Waals surface area contributed by atoms with Crippen molar-refractivity contribution >= 4 is 17.5 Å². The molecule has 0 radical (unpaired) electrons. The second kappa shape index (κ2) is 8.28. The van der Waals surface area contributed by atoms with Crippen LogP contribution in [0.2, 0.25) is 0 Å². The summed E-state index contributed by atoms with van der Waals surface area (Å²) in [7, 11) is 0. The first-order valence-electron chi connectivity index (χ1n) is 9.40. The van der Waals surface area contributed by atoms with Gasteiger partial charge in [0.1, 0.15) is 0 Å². The molecule has 2 amide bonds. The first kappa shape index (κ1) is 18.9. The van der Waals surface area contributed by atoms with Gasteiger partial charge in [0.05, 0.1) is 19.4 Å². The van der Waals surface area contributed by atoms with Gasteiger partial charge in [-0.15, -0.1) is 0 Å². The standard InChI is InChI=1S/C22H21N3O4/c1-15-18(22(27)25-9-11-28-12-10-25)3-2-4-19(15)24-21(26)17-7-5-16(6-8-17)20-13-23-14-29-20/h2-8,13-14H,9-12H2,1H3,(H,24,26). The van der Waals surface area contributed by atoms with E-state index < -0.39 is 0 Å². The van der Waals surface area contributed by atoms with Gasteiger partial charge in [0, 0.05) is 35.5 Å². The van der Waals surface area contributed by atoms with Crippen molar-refractivity contribution in [1.82, 2.24) is 9.88 Å². The molecule has 0 atom stereocenters. The highest BCUT2D eigenvalue weighted by Gasteiger charge is 2.21. The molecule has 3 aromatic rings. The van der Waals surface area contributed by atoms with Gasteiger partial charge >= 0.3 is 0 Å². The number of benzene rings is 2. The normalized spacial score (nSPS) is 13.9. The van der Waals surface area contributed by atoms with Crippen molar-refractivity contribution in [3.8, 4) is 11.3 Å². The number of hydrogen-bond acceptors (Lipinski definition) is 5. The molecule has 2 heterocycles. The van der Waals surface area contributed by atoms with Crippen molar-refractivity contribution < 1.29 is 18.7 Å². The maximum atomic E-state index is 12.8. The lowest BCUT2D eigenvalue weighted by atomic mass is 10.0. The number of anilines is 1. The number of carbonyl (C=O) groups is 2. The van der Waals surface area contributed by atoms with Crippen LogP contribution in [-0.4, -0.2) is 48.0 Å². The highest BCUT2D eigenvalue weighted by Crippen LogP contribution is 2.23. The molecule has 29 heavy (non-hydrogen) atoms. The van der Waals surface area contributed by atoms with Gasteiger partial charge in [0.15, 0.2) is 12.2 Å². The lowest BCUT2D eigenvalue weighted by molar-refractivity contribution is 0.0302. The molecular weight excluding hydrogens is 370 g/mol. The summed E-state index contributed by atoms with van der Waals surface area (Å²) in [6.07, 6.45) is 2.99. The van der Waals surface area contributed by atoms with Gasteiger partial charge in [0.2, 0.25) is 0 Å². The molecule has 0 unspecified atom stereocenters. The number of ether oxygens (including phenoxy) is 1. The molecule has 0 aliphatic carbocycles. The lowest BCUT2D eigenvalue weighted by Gasteiger charge is -2.27. The van der Waals surface area contributed by atoms with Gasteiger partial charge in [0.25, 0.3) is 11.8 Å². The molecule has 7 heteroatoms. The summed E-state index contributed by atoms with van der Waals surface area (Å²) in [5.74, 6) is 0.355. The molecule has 0 bridgehead atoms. The van der Waals surface area contributed by atoms with Gasteiger partial charge in [-0.1, -0.05) is 18.2 Å². The number of nitrogens with zero attached hydrogens (tertiary/aromatic N) is 2. The Morgan fingerprint density at radius 3 is 2.52 bits per heavy atom. The third kappa shape index (κ3) is 4.05. The molecule has 7 nitrogen and oxygen atoms in total. The molecule has 1 aliphatic heterocycles. The van der Waals surface area contributed by atoms with Crippen LogP contribution >= 0.6 is 0 Å². The molecule has 0 spiro atoms. The number of hydrogen-bond donors (Lipinski definition) is 1. The lowest BCUT2D eigenvalue weighted by Crippen LogP contribution is -2.41. The van der Waals surface area contributed by atoms with Crippen molar-refractivity contribution in [2.75, 3.05) is 31.6 Å². The largest absolute Gasteiger partial charge is 0.444 e. The number of amides is 2. The zero-order valence-electron chi connectivity index (χ0n) is 16.1. The molecule has 148 valence electrons. The maximum absolute atomic E-state index is 12.8. The molecule has 1 fully saturated rings. The van der Waals surface area contributed by atoms with Crippen LogP contribution in [0.3, 0.4) is 0 Å². The first-order valence-corrected chi connectivity index (χ1v) is 9.40. The van der Waals surface area contributed by atoms with E-state index >= 15 is 0 Å².